The Labute approximate surface area is 208 Å². The van der Waals surface area contributed by atoms with Gasteiger partial charge in [0.2, 0.25) is 10.0 Å². The van der Waals surface area contributed by atoms with Crippen molar-refractivity contribution in [3.8, 4) is 5.75 Å². The number of esters is 1. The van der Waals surface area contributed by atoms with Crippen LogP contribution in [0.1, 0.15) is 31.4 Å². The van der Waals surface area contributed by atoms with E-state index < -0.39 is 14.8 Å². The standard InChI is InChI=1S/C26H26BrNO5S/c1-3-32-25(29)17-21-6-4-5-7-24(21)33-18-19-8-9-20-12-15-28(23(20)16-19)34(30,31)26(2)13-10-22(27)11-14-26/h4-13,15-16H,3,14,17-18H2,1-2H3. The predicted molar refractivity (Wildman–Crippen MR) is 137 cm³/mol. The fourth-order valence-electron chi connectivity index (χ4n) is 3.88. The Kier molecular flexibility index (Phi) is 7.00. The summed E-state index contributed by atoms with van der Waals surface area (Å²) >= 11 is 3.40. The molecule has 0 aliphatic heterocycles. The van der Waals surface area contributed by atoms with Crippen molar-refractivity contribution in [2.75, 3.05) is 6.61 Å². The number of halogens is 1. The Balaban J connectivity index is 1.59. The van der Waals surface area contributed by atoms with Crippen LogP contribution in [0.2, 0.25) is 0 Å². The highest BCUT2D eigenvalue weighted by Crippen LogP contribution is 2.34. The molecule has 8 heteroatoms. The van der Waals surface area contributed by atoms with Gasteiger partial charge in [0.1, 0.15) is 17.1 Å². The number of para-hydroxylation sites is 1. The van der Waals surface area contributed by atoms with Gasteiger partial charge in [0, 0.05) is 21.6 Å². The number of aromatic nitrogens is 1. The summed E-state index contributed by atoms with van der Waals surface area (Å²) in [5, 5.41) is 0.829. The van der Waals surface area contributed by atoms with E-state index in [1.165, 1.54) is 3.97 Å². The van der Waals surface area contributed by atoms with Crippen LogP contribution in [-0.2, 0) is 32.6 Å². The maximum absolute atomic E-state index is 13.6. The van der Waals surface area contributed by atoms with E-state index in [0.29, 0.717) is 24.3 Å². The monoisotopic (exact) mass is 543 g/mol. The molecule has 1 atom stereocenters. The summed E-state index contributed by atoms with van der Waals surface area (Å²) in [6.45, 7) is 4.06. The first-order valence-electron chi connectivity index (χ1n) is 11.0. The van der Waals surface area contributed by atoms with Gasteiger partial charge in [-0.15, -0.1) is 0 Å². The predicted octanol–water partition coefficient (Wildman–Crippen LogP) is 5.50. The molecule has 0 amide bonds. The van der Waals surface area contributed by atoms with Crippen molar-refractivity contribution in [1.82, 2.24) is 3.97 Å². The normalized spacial score (nSPS) is 18.0. The fourth-order valence-corrected chi connectivity index (χ4v) is 5.79. The Morgan fingerprint density at radius 2 is 1.97 bits per heavy atom. The number of allylic oxidation sites excluding steroid dienone is 3. The maximum Gasteiger partial charge on any atom is 0.310 e. The number of fused-ring (bicyclic) bond motifs is 1. The van der Waals surface area contributed by atoms with Gasteiger partial charge in [0.25, 0.3) is 0 Å². The molecule has 1 heterocycles. The minimum atomic E-state index is -3.71. The zero-order chi connectivity index (χ0) is 24.3. The van der Waals surface area contributed by atoms with Gasteiger partial charge in [-0.1, -0.05) is 64.5 Å². The van der Waals surface area contributed by atoms with Gasteiger partial charge in [-0.05, 0) is 44.0 Å². The molecule has 4 rings (SSSR count). The Morgan fingerprint density at radius 3 is 2.71 bits per heavy atom. The van der Waals surface area contributed by atoms with Crippen molar-refractivity contribution >= 4 is 42.8 Å². The molecule has 34 heavy (non-hydrogen) atoms. The van der Waals surface area contributed by atoms with Gasteiger partial charge in [0.05, 0.1) is 18.5 Å². The van der Waals surface area contributed by atoms with Crippen molar-refractivity contribution in [2.24, 2.45) is 0 Å². The second-order valence-corrected chi connectivity index (χ2v) is 11.5. The van der Waals surface area contributed by atoms with E-state index in [4.69, 9.17) is 9.47 Å². The molecular weight excluding hydrogens is 518 g/mol. The van der Waals surface area contributed by atoms with Crippen molar-refractivity contribution in [2.45, 2.75) is 38.0 Å². The number of hydrogen-bond donors (Lipinski definition) is 0. The van der Waals surface area contributed by atoms with E-state index in [1.807, 2.05) is 48.5 Å². The highest BCUT2D eigenvalue weighted by molar-refractivity contribution is 9.11. The number of ether oxygens (including phenoxy) is 2. The van der Waals surface area contributed by atoms with Crippen LogP contribution >= 0.6 is 15.9 Å². The number of carbonyl (C=O) groups is 1. The van der Waals surface area contributed by atoms with Crippen LogP contribution in [0.3, 0.4) is 0 Å². The van der Waals surface area contributed by atoms with Gasteiger partial charge in [-0.2, -0.15) is 0 Å². The molecule has 0 saturated heterocycles. The lowest BCUT2D eigenvalue weighted by molar-refractivity contribution is -0.142. The van der Waals surface area contributed by atoms with Gasteiger partial charge < -0.3 is 9.47 Å². The first-order valence-corrected chi connectivity index (χ1v) is 13.2. The third-order valence-electron chi connectivity index (χ3n) is 5.87. The third kappa shape index (κ3) is 4.83. The first kappa shape index (κ1) is 24.3. The van der Waals surface area contributed by atoms with Crippen LogP contribution in [0.4, 0.5) is 0 Å². The summed E-state index contributed by atoms with van der Waals surface area (Å²) in [6.07, 6.45) is 7.49. The summed E-state index contributed by atoms with van der Waals surface area (Å²) in [7, 11) is -3.71. The molecule has 2 aromatic carbocycles. The molecule has 1 aliphatic rings. The molecule has 178 valence electrons. The molecule has 0 fully saturated rings. The van der Waals surface area contributed by atoms with Crippen LogP contribution in [0.5, 0.6) is 5.75 Å². The zero-order valence-electron chi connectivity index (χ0n) is 19.0. The van der Waals surface area contributed by atoms with E-state index in [9.17, 15) is 13.2 Å². The lowest BCUT2D eigenvalue weighted by atomic mass is 10.0. The summed E-state index contributed by atoms with van der Waals surface area (Å²) in [5.41, 5.74) is 2.16. The average molecular weight is 544 g/mol. The van der Waals surface area contributed by atoms with Crippen LogP contribution < -0.4 is 4.74 Å². The maximum atomic E-state index is 13.6. The number of benzene rings is 2. The van der Waals surface area contributed by atoms with Crippen molar-refractivity contribution < 1.29 is 22.7 Å². The summed E-state index contributed by atoms with van der Waals surface area (Å²) in [5.74, 6) is 0.283. The average Bonchev–Trinajstić information content (AvgIpc) is 3.24. The molecule has 1 unspecified atom stereocenters. The van der Waals surface area contributed by atoms with Gasteiger partial charge >= 0.3 is 5.97 Å². The highest BCUT2D eigenvalue weighted by Gasteiger charge is 2.39. The van der Waals surface area contributed by atoms with Crippen LogP contribution in [0, 0.1) is 0 Å². The second kappa shape index (κ2) is 9.80. The Morgan fingerprint density at radius 1 is 1.18 bits per heavy atom. The van der Waals surface area contributed by atoms with Crippen molar-refractivity contribution in [3.63, 3.8) is 0 Å². The van der Waals surface area contributed by atoms with E-state index in [1.54, 1.807) is 38.3 Å². The number of hydrogen-bond acceptors (Lipinski definition) is 5. The lowest BCUT2D eigenvalue weighted by Gasteiger charge is -2.28. The second-order valence-electron chi connectivity index (χ2n) is 8.33. The van der Waals surface area contributed by atoms with E-state index in [2.05, 4.69) is 15.9 Å². The van der Waals surface area contributed by atoms with E-state index >= 15 is 0 Å². The summed E-state index contributed by atoms with van der Waals surface area (Å²) < 4.78 is 39.4. The van der Waals surface area contributed by atoms with Gasteiger partial charge in [-0.25, -0.2) is 12.4 Å². The zero-order valence-corrected chi connectivity index (χ0v) is 21.4. The largest absolute Gasteiger partial charge is 0.489 e. The van der Waals surface area contributed by atoms with Crippen LogP contribution in [-0.4, -0.2) is 29.7 Å². The van der Waals surface area contributed by atoms with E-state index in [-0.39, 0.29) is 19.0 Å². The molecule has 0 N–H and O–H groups in total. The number of nitrogens with zero attached hydrogens (tertiary/aromatic N) is 1. The Bertz CT molecular complexity index is 1390. The topological polar surface area (TPSA) is 74.6 Å². The lowest BCUT2D eigenvalue weighted by Crippen LogP contribution is -2.38. The van der Waals surface area contributed by atoms with Gasteiger partial charge in [-0.3, -0.25) is 4.79 Å². The molecule has 0 radical (unpaired) electrons. The highest BCUT2D eigenvalue weighted by atomic mass is 79.9. The molecule has 0 spiro atoms. The molecular formula is C26H26BrNO5S. The van der Waals surface area contributed by atoms with E-state index in [0.717, 1.165) is 21.0 Å². The molecule has 0 bridgehead atoms. The van der Waals surface area contributed by atoms with Crippen molar-refractivity contribution in [3.05, 3.63) is 88.6 Å². The SMILES string of the molecule is CCOC(=O)Cc1ccccc1OCc1ccc2ccn(S(=O)(=O)C3(C)C=CC(Br)=CC3)c2c1. The fraction of sp³-hybridized carbons (Fsp3) is 0.269. The van der Waals surface area contributed by atoms with Crippen LogP contribution in [0.15, 0.2) is 77.4 Å². The smallest absolute Gasteiger partial charge is 0.310 e. The molecule has 6 nitrogen and oxygen atoms in total. The molecule has 0 saturated carbocycles. The molecule has 3 aromatic rings. The minimum absolute atomic E-state index is 0.126. The molecule has 1 aromatic heterocycles. The first-order chi connectivity index (χ1) is 16.2. The number of carbonyl (C=O) groups excluding carboxylic acids is 1. The summed E-state index contributed by atoms with van der Waals surface area (Å²) in [4.78, 5) is 11.9. The van der Waals surface area contributed by atoms with Crippen LogP contribution in [0.25, 0.3) is 10.9 Å². The van der Waals surface area contributed by atoms with Crippen molar-refractivity contribution in [1.29, 1.82) is 0 Å². The molecule has 1 aliphatic carbocycles. The quantitative estimate of drug-likeness (QED) is 0.350. The Hall–Kier alpha value is -2.84. The van der Waals surface area contributed by atoms with Gasteiger partial charge in [0.15, 0.2) is 0 Å². The summed E-state index contributed by atoms with van der Waals surface area (Å²) in [6, 6.07) is 14.8. The number of rotatable bonds is 8. The third-order valence-corrected chi connectivity index (χ3v) is 8.78. The minimum Gasteiger partial charge on any atom is -0.489 e.